The first-order valence-electron chi connectivity index (χ1n) is 3.28. The highest BCUT2D eigenvalue weighted by atomic mass is 16.1. The Hall–Kier alpha value is -1.38. The van der Waals surface area contributed by atoms with E-state index in [0.717, 1.165) is 0 Å². The van der Waals surface area contributed by atoms with Crippen molar-refractivity contribution in [2.24, 2.45) is 0 Å². The third-order valence-electron chi connectivity index (χ3n) is 0.868. The van der Waals surface area contributed by atoms with Crippen LogP contribution in [-0.4, -0.2) is 15.5 Å². The summed E-state index contributed by atoms with van der Waals surface area (Å²) in [6.45, 7) is 6.74. The van der Waals surface area contributed by atoms with Crippen molar-refractivity contribution >= 4 is 5.91 Å². The second-order valence-corrected chi connectivity index (χ2v) is 1.90. The van der Waals surface area contributed by atoms with E-state index < -0.39 is 0 Å². The summed E-state index contributed by atoms with van der Waals surface area (Å²) < 4.78 is 1.42. The lowest BCUT2D eigenvalue weighted by Gasteiger charge is -1.87. The van der Waals surface area contributed by atoms with Crippen LogP contribution in [-0.2, 0) is 0 Å². The number of rotatable bonds is 0. The lowest BCUT2D eigenvalue weighted by atomic mass is 10.7. The zero-order chi connectivity index (χ0) is 8.69. The molecule has 0 aliphatic carbocycles. The predicted molar refractivity (Wildman–Crippen MR) is 44.4 cm³/mol. The monoisotopic (exact) mass is 152 g/mol. The van der Waals surface area contributed by atoms with E-state index in [4.69, 9.17) is 0 Å². The van der Waals surface area contributed by atoms with E-state index in [0.29, 0.717) is 0 Å². The van der Waals surface area contributed by atoms with Crippen LogP contribution in [0.25, 0.3) is 0 Å². The van der Waals surface area contributed by atoms with Crippen LogP contribution in [0.3, 0.4) is 0 Å². The van der Waals surface area contributed by atoms with Crippen molar-refractivity contribution in [2.75, 3.05) is 0 Å². The van der Waals surface area contributed by atoms with Gasteiger partial charge in [0.2, 0.25) is 5.91 Å². The van der Waals surface area contributed by atoms with Gasteiger partial charge < -0.3 is 0 Å². The second kappa shape index (κ2) is 5.41. The number of allylic oxidation sites excluding steroid dienone is 1. The maximum Gasteiger partial charge on any atom is 0.228 e. The molecule has 11 heavy (non-hydrogen) atoms. The van der Waals surface area contributed by atoms with Gasteiger partial charge >= 0.3 is 0 Å². The Labute approximate surface area is 66.4 Å². The maximum atomic E-state index is 10.4. The van der Waals surface area contributed by atoms with Crippen molar-refractivity contribution in [3.63, 3.8) is 0 Å². The number of hydrogen-bond donors (Lipinski definition) is 0. The van der Waals surface area contributed by atoms with Gasteiger partial charge in [0.25, 0.3) is 0 Å². The summed E-state index contributed by atoms with van der Waals surface area (Å²) in [7, 11) is 0. The summed E-state index contributed by atoms with van der Waals surface area (Å²) in [5.41, 5.74) is 0. The smallest absolute Gasteiger partial charge is 0.228 e. The quantitative estimate of drug-likeness (QED) is 0.531. The highest BCUT2D eigenvalue weighted by Crippen LogP contribution is 1.82. The molecular weight excluding hydrogens is 140 g/mol. The summed E-state index contributed by atoms with van der Waals surface area (Å²) in [5.74, 6) is -0.0116. The van der Waals surface area contributed by atoms with Crippen molar-refractivity contribution in [1.82, 2.24) is 9.55 Å². The SMILES string of the molecule is C=CC.CC(=O)n1ccnc1. The average molecular weight is 152 g/mol. The van der Waals surface area contributed by atoms with Gasteiger partial charge in [0.05, 0.1) is 0 Å². The first kappa shape index (κ1) is 9.62. The molecule has 1 aromatic heterocycles. The van der Waals surface area contributed by atoms with Crippen molar-refractivity contribution in [1.29, 1.82) is 0 Å². The van der Waals surface area contributed by atoms with Gasteiger partial charge in [-0.2, -0.15) is 0 Å². The van der Waals surface area contributed by atoms with Crippen molar-refractivity contribution < 1.29 is 4.79 Å². The van der Waals surface area contributed by atoms with Crippen LogP contribution in [0.1, 0.15) is 18.6 Å². The van der Waals surface area contributed by atoms with Gasteiger partial charge in [0.15, 0.2) is 0 Å². The van der Waals surface area contributed by atoms with Gasteiger partial charge in [-0.05, 0) is 6.92 Å². The van der Waals surface area contributed by atoms with E-state index in [1.165, 1.54) is 17.8 Å². The first-order valence-corrected chi connectivity index (χ1v) is 3.28. The molecule has 0 atom stereocenters. The van der Waals surface area contributed by atoms with Gasteiger partial charge in [-0.15, -0.1) is 6.58 Å². The number of imidazole rings is 1. The molecule has 0 fully saturated rings. The number of nitrogens with zero attached hydrogens (tertiary/aromatic N) is 2. The first-order chi connectivity index (χ1) is 5.22. The molecule has 0 bridgehead atoms. The van der Waals surface area contributed by atoms with Gasteiger partial charge in [0.1, 0.15) is 6.33 Å². The fourth-order valence-corrected chi connectivity index (χ4v) is 0.445. The molecule has 0 aliphatic rings. The molecule has 1 rings (SSSR count). The number of carbonyl (C=O) groups excluding carboxylic acids is 1. The number of carbonyl (C=O) groups is 1. The van der Waals surface area contributed by atoms with Crippen LogP contribution < -0.4 is 0 Å². The summed E-state index contributed by atoms with van der Waals surface area (Å²) in [4.78, 5) is 14.1. The lowest BCUT2D eigenvalue weighted by Crippen LogP contribution is -2.00. The molecule has 1 aromatic rings. The van der Waals surface area contributed by atoms with Crippen molar-refractivity contribution in [2.45, 2.75) is 13.8 Å². The zero-order valence-corrected chi connectivity index (χ0v) is 6.82. The Morgan fingerprint density at radius 1 is 1.73 bits per heavy atom. The van der Waals surface area contributed by atoms with Crippen LogP contribution in [0, 0.1) is 0 Å². The highest BCUT2D eigenvalue weighted by molar-refractivity contribution is 5.75. The van der Waals surface area contributed by atoms with Crippen molar-refractivity contribution in [3.05, 3.63) is 31.4 Å². The molecule has 0 aliphatic heterocycles. The molecule has 0 N–H and O–H groups in total. The van der Waals surface area contributed by atoms with Gasteiger partial charge in [0, 0.05) is 19.3 Å². The Balaban J connectivity index is 0.000000292. The number of hydrogen-bond acceptors (Lipinski definition) is 2. The number of aromatic nitrogens is 2. The molecule has 0 spiro atoms. The maximum absolute atomic E-state index is 10.4. The Kier molecular flexibility index (Phi) is 4.73. The molecule has 0 unspecified atom stereocenters. The van der Waals surface area contributed by atoms with Gasteiger partial charge in [-0.3, -0.25) is 9.36 Å². The van der Waals surface area contributed by atoms with Crippen LogP contribution in [0.5, 0.6) is 0 Å². The minimum Gasteiger partial charge on any atom is -0.277 e. The van der Waals surface area contributed by atoms with Gasteiger partial charge in [-0.1, -0.05) is 6.08 Å². The summed E-state index contributed by atoms with van der Waals surface area (Å²) in [6, 6.07) is 0. The van der Waals surface area contributed by atoms with Crippen LogP contribution >= 0.6 is 0 Å². The fourth-order valence-electron chi connectivity index (χ4n) is 0.445. The minimum atomic E-state index is -0.0116. The van der Waals surface area contributed by atoms with Crippen LogP contribution in [0.4, 0.5) is 0 Å². The Morgan fingerprint density at radius 2 is 2.27 bits per heavy atom. The molecule has 0 saturated carbocycles. The molecule has 0 radical (unpaired) electrons. The van der Waals surface area contributed by atoms with Crippen LogP contribution in [0.2, 0.25) is 0 Å². The predicted octanol–water partition coefficient (Wildman–Crippen LogP) is 1.74. The molecule has 0 saturated heterocycles. The lowest BCUT2D eigenvalue weighted by molar-refractivity contribution is 0.0936. The normalized spacial score (nSPS) is 7.82. The average Bonchev–Trinajstić information content (AvgIpc) is 2.38. The van der Waals surface area contributed by atoms with E-state index in [9.17, 15) is 4.79 Å². The highest BCUT2D eigenvalue weighted by Gasteiger charge is 1.90. The summed E-state index contributed by atoms with van der Waals surface area (Å²) in [5, 5.41) is 0. The summed E-state index contributed by atoms with van der Waals surface area (Å²) in [6.07, 6.45) is 6.41. The Bertz CT molecular complexity index is 214. The molecule has 1 heterocycles. The molecule has 60 valence electrons. The van der Waals surface area contributed by atoms with E-state index in [1.54, 1.807) is 18.5 Å². The Morgan fingerprint density at radius 3 is 2.45 bits per heavy atom. The molecule has 0 amide bonds. The molecular formula is C8H12N2O. The third kappa shape index (κ3) is 4.08. The summed E-state index contributed by atoms with van der Waals surface area (Å²) >= 11 is 0. The van der Waals surface area contributed by atoms with E-state index in [2.05, 4.69) is 11.6 Å². The van der Waals surface area contributed by atoms with Crippen LogP contribution in [0.15, 0.2) is 31.4 Å². The molecule has 3 heteroatoms. The van der Waals surface area contributed by atoms with E-state index in [1.807, 2.05) is 6.92 Å². The zero-order valence-electron chi connectivity index (χ0n) is 6.82. The minimum absolute atomic E-state index is 0.0116. The van der Waals surface area contributed by atoms with E-state index in [-0.39, 0.29) is 5.91 Å². The largest absolute Gasteiger partial charge is 0.277 e. The molecule has 3 nitrogen and oxygen atoms in total. The topological polar surface area (TPSA) is 34.9 Å². The van der Waals surface area contributed by atoms with Gasteiger partial charge in [-0.25, -0.2) is 4.98 Å². The second-order valence-electron chi connectivity index (χ2n) is 1.90. The van der Waals surface area contributed by atoms with Crippen molar-refractivity contribution in [3.8, 4) is 0 Å². The third-order valence-corrected chi connectivity index (χ3v) is 0.868. The fraction of sp³-hybridized carbons (Fsp3) is 0.250. The molecule has 0 aromatic carbocycles. The van der Waals surface area contributed by atoms with E-state index >= 15 is 0 Å². The standard InChI is InChI=1S/C5H6N2O.C3H6/c1-5(8)7-3-2-6-4-7;1-3-2/h2-4H,1H3;3H,1H2,2H3.